The van der Waals surface area contributed by atoms with Crippen molar-refractivity contribution in [3.05, 3.63) is 174 Å². The normalized spacial score (nSPS) is 15.1. The Balaban J connectivity index is 1.09. The minimum absolute atomic E-state index is 1.09. The van der Waals surface area contributed by atoms with Gasteiger partial charge in [-0.3, -0.25) is 0 Å². The summed E-state index contributed by atoms with van der Waals surface area (Å²) in [5.74, 6) is 0. The molecule has 2 heteroatoms. The SMILES string of the molecule is C1=CC(c2ccc(N(c3ccc(-c4ccccc4)cc3)c3ccc(-c4ccc5c(c4)c4c(n5C5=CCCC=C5)=CCCC=4)cc3)cc2)=CCC1. The van der Waals surface area contributed by atoms with E-state index in [1.165, 1.54) is 60.6 Å². The highest BCUT2D eigenvalue weighted by molar-refractivity contribution is 5.91. The van der Waals surface area contributed by atoms with Crippen molar-refractivity contribution in [1.29, 1.82) is 0 Å². The smallest absolute Gasteiger partial charge is 0.0541 e. The maximum atomic E-state index is 2.47. The van der Waals surface area contributed by atoms with Gasteiger partial charge in [-0.15, -0.1) is 0 Å². The van der Waals surface area contributed by atoms with Gasteiger partial charge in [0.25, 0.3) is 0 Å². The molecule has 0 N–H and O–H groups in total. The van der Waals surface area contributed by atoms with Crippen LogP contribution in [0.15, 0.2) is 158 Å². The molecule has 50 heavy (non-hydrogen) atoms. The summed E-state index contributed by atoms with van der Waals surface area (Å²) in [6, 6.07) is 44.7. The Morgan fingerprint density at radius 3 is 1.64 bits per heavy atom. The first kappa shape index (κ1) is 30.2. The molecule has 0 atom stereocenters. The van der Waals surface area contributed by atoms with Gasteiger partial charge in [-0.1, -0.05) is 115 Å². The Hall–Kier alpha value is -5.86. The number of fused-ring (bicyclic) bond motifs is 3. The molecule has 5 aromatic carbocycles. The zero-order chi connectivity index (χ0) is 33.3. The van der Waals surface area contributed by atoms with Crippen LogP contribution in [0, 0.1) is 0 Å². The van der Waals surface area contributed by atoms with E-state index in [0.29, 0.717) is 0 Å². The van der Waals surface area contributed by atoms with Crippen molar-refractivity contribution in [2.75, 3.05) is 4.90 Å². The molecule has 0 unspecified atom stereocenters. The van der Waals surface area contributed by atoms with Crippen LogP contribution in [0.2, 0.25) is 0 Å². The molecule has 242 valence electrons. The average Bonchev–Trinajstić information content (AvgIpc) is 3.53. The summed E-state index contributed by atoms with van der Waals surface area (Å²) >= 11 is 0. The third kappa shape index (κ3) is 5.67. The van der Waals surface area contributed by atoms with Crippen LogP contribution in [0.1, 0.15) is 44.1 Å². The standard InChI is InChI=1S/C48H40N2/c1-4-12-35(13-5-1)37-20-27-42(28-21-37)49(43-29-22-38(23-30-43)36-14-6-2-7-15-36)44-31-24-39(25-32-44)40-26-33-48-46(34-40)45-18-10-11-19-47(45)50(48)41-16-8-3-9-17-41/h1,4-6,8,12-34H,2-3,7,9-11H2. The maximum Gasteiger partial charge on any atom is 0.0541 e. The molecule has 0 saturated heterocycles. The molecule has 3 aliphatic carbocycles. The first-order valence-corrected chi connectivity index (χ1v) is 18.1. The lowest BCUT2D eigenvalue weighted by Gasteiger charge is -2.26. The summed E-state index contributed by atoms with van der Waals surface area (Å²) in [5.41, 5.74) is 13.5. The van der Waals surface area contributed by atoms with Gasteiger partial charge in [0, 0.05) is 38.7 Å². The molecule has 6 aromatic rings. The number of anilines is 3. The predicted octanol–water partition coefficient (Wildman–Crippen LogP) is 11.7. The lowest BCUT2D eigenvalue weighted by Crippen LogP contribution is -2.30. The summed E-state index contributed by atoms with van der Waals surface area (Å²) in [7, 11) is 0. The molecule has 0 radical (unpaired) electrons. The molecular weight excluding hydrogens is 605 g/mol. The van der Waals surface area contributed by atoms with E-state index >= 15 is 0 Å². The van der Waals surface area contributed by atoms with Crippen molar-refractivity contribution >= 4 is 51.4 Å². The fourth-order valence-corrected chi connectivity index (χ4v) is 7.74. The van der Waals surface area contributed by atoms with Gasteiger partial charge in [0.1, 0.15) is 0 Å². The molecule has 9 rings (SSSR count). The second kappa shape index (κ2) is 13.2. The quantitative estimate of drug-likeness (QED) is 0.168. The topological polar surface area (TPSA) is 8.17 Å². The van der Waals surface area contributed by atoms with Crippen molar-refractivity contribution < 1.29 is 0 Å². The summed E-state index contributed by atoms with van der Waals surface area (Å²) in [6.07, 6.45) is 25.3. The van der Waals surface area contributed by atoms with Crippen molar-refractivity contribution in [1.82, 2.24) is 4.57 Å². The first-order valence-electron chi connectivity index (χ1n) is 18.1. The van der Waals surface area contributed by atoms with Crippen LogP contribution in [0.5, 0.6) is 0 Å². The highest BCUT2D eigenvalue weighted by Gasteiger charge is 2.16. The highest BCUT2D eigenvalue weighted by Crippen LogP contribution is 2.38. The number of nitrogens with zero attached hydrogens (tertiary/aromatic N) is 2. The van der Waals surface area contributed by atoms with Crippen LogP contribution in [0.3, 0.4) is 0 Å². The molecule has 0 bridgehead atoms. The molecule has 0 saturated carbocycles. The summed E-state index contributed by atoms with van der Waals surface area (Å²) < 4.78 is 2.47. The van der Waals surface area contributed by atoms with Crippen molar-refractivity contribution in [3.63, 3.8) is 0 Å². The molecule has 0 fully saturated rings. The summed E-state index contributed by atoms with van der Waals surface area (Å²) in [6.45, 7) is 0. The molecule has 2 nitrogen and oxygen atoms in total. The Bertz CT molecular complexity index is 2430. The van der Waals surface area contributed by atoms with Gasteiger partial charge in [-0.05, 0) is 127 Å². The third-order valence-corrected chi connectivity index (χ3v) is 10.3. The van der Waals surface area contributed by atoms with Gasteiger partial charge in [0.05, 0.1) is 5.52 Å². The highest BCUT2D eigenvalue weighted by atomic mass is 15.1. The van der Waals surface area contributed by atoms with E-state index in [2.05, 4.69) is 179 Å². The number of hydrogen-bond acceptors (Lipinski definition) is 1. The number of hydrogen-bond donors (Lipinski definition) is 0. The van der Waals surface area contributed by atoms with Gasteiger partial charge in [0.2, 0.25) is 0 Å². The van der Waals surface area contributed by atoms with Crippen LogP contribution in [0.25, 0.3) is 56.6 Å². The largest absolute Gasteiger partial charge is 0.311 e. The van der Waals surface area contributed by atoms with Gasteiger partial charge in [-0.2, -0.15) is 0 Å². The lowest BCUT2D eigenvalue weighted by atomic mass is 9.99. The monoisotopic (exact) mass is 644 g/mol. The van der Waals surface area contributed by atoms with Crippen molar-refractivity contribution in [2.24, 2.45) is 0 Å². The van der Waals surface area contributed by atoms with Crippen molar-refractivity contribution in [2.45, 2.75) is 38.5 Å². The first-order chi connectivity index (χ1) is 24.8. The van der Waals surface area contributed by atoms with Gasteiger partial charge >= 0.3 is 0 Å². The maximum absolute atomic E-state index is 2.47. The Morgan fingerprint density at radius 2 is 1.00 bits per heavy atom. The third-order valence-electron chi connectivity index (χ3n) is 10.3. The minimum atomic E-state index is 1.09. The fourth-order valence-electron chi connectivity index (χ4n) is 7.74. The number of benzene rings is 5. The number of allylic oxidation sites excluding steroid dienone is 8. The number of aromatic nitrogens is 1. The Morgan fingerprint density at radius 1 is 0.440 bits per heavy atom. The molecule has 1 aromatic heterocycles. The second-order valence-electron chi connectivity index (χ2n) is 13.4. The molecule has 1 heterocycles. The van der Waals surface area contributed by atoms with E-state index in [0.717, 1.165) is 55.6 Å². The zero-order valence-electron chi connectivity index (χ0n) is 28.3. The van der Waals surface area contributed by atoms with Gasteiger partial charge in [-0.25, -0.2) is 0 Å². The van der Waals surface area contributed by atoms with Crippen molar-refractivity contribution in [3.8, 4) is 22.3 Å². The van der Waals surface area contributed by atoms with E-state index in [9.17, 15) is 0 Å². The van der Waals surface area contributed by atoms with E-state index in [1.807, 2.05) is 0 Å². The fraction of sp³-hybridized carbons (Fsp3) is 0.125. The van der Waals surface area contributed by atoms with E-state index in [-0.39, 0.29) is 0 Å². The molecule has 0 spiro atoms. The van der Waals surface area contributed by atoms with Crippen LogP contribution in [-0.2, 0) is 0 Å². The summed E-state index contributed by atoms with van der Waals surface area (Å²) in [4.78, 5) is 2.36. The van der Waals surface area contributed by atoms with Crippen LogP contribution in [0.4, 0.5) is 17.1 Å². The van der Waals surface area contributed by atoms with Gasteiger partial charge < -0.3 is 9.47 Å². The second-order valence-corrected chi connectivity index (χ2v) is 13.4. The lowest BCUT2D eigenvalue weighted by molar-refractivity contribution is 0.990. The van der Waals surface area contributed by atoms with Gasteiger partial charge in [0.15, 0.2) is 0 Å². The number of rotatable bonds is 7. The molecule has 3 aliphatic rings. The Kier molecular flexibility index (Phi) is 7.99. The van der Waals surface area contributed by atoms with E-state index in [4.69, 9.17) is 0 Å². The van der Waals surface area contributed by atoms with Crippen LogP contribution >= 0.6 is 0 Å². The Labute approximate surface area is 294 Å². The molecule has 0 aliphatic heterocycles. The summed E-state index contributed by atoms with van der Waals surface area (Å²) in [5, 5.41) is 4.05. The average molecular weight is 645 g/mol. The van der Waals surface area contributed by atoms with Crippen LogP contribution in [-0.4, -0.2) is 4.57 Å². The molecule has 0 amide bonds. The zero-order valence-corrected chi connectivity index (χ0v) is 28.3. The van der Waals surface area contributed by atoms with E-state index < -0.39 is 0 Å². The predicted molar refractivity (Wildman–Crippen MR) is 214 cm³/mol. The van der Waals surface area contributed by atoms with E-state index in [1.54, 1.807) is 0 Å². The minimum Gasteiger partial charge on any atom is -0.311 e. The van der Waals surface area contributed by atoms with Crippen LogP contribution < -0.4 is 15.5 Å². The molecular formula is C48H40N2.